The van der Waals surface area contributed by atoms with Crippen molar-refractivity contribution in [2.24, 2.45) is 0 Å². The molecule has 1 saturated heterocycles. The van der Waals surface area contributed by atoms with E-state index in [1.54, 1.807) is 4.90 Å². The third kappa shape index (κ3) is 2.80. The van der Waals surface area contributed by atoms with Gasteiger partial charge in [-0.05, 0) is 26.7 Å². The number of Topliss-reactive ketones (excluding diaryl/α,β-unsaturated/α-hetero) is 1. The minimum atomic E-state index is -0.429. The molecule has 1 rings (SSSR count). The van der Waals surface area contributed by atoms with Crippen LogP contribution in [0.25, 0.3) is 0 Å². The molecule has 0 aliphatic carbocycles. The lowest BCUT2D eigenvalue weighted by Crippen LogP contribution is -2.47. The van der Waals surface area contributed by atoms with Crippen molar-refractivity contribution in [1.29, 1.82) is 0 Å². The molecule has 1 N–H and O–H groups in total. The molecule has 0 spiro atoms. The van der Waals surface area contributed by atoms with E-state index in [4.69, 9.17) is 0 Å². The van der Waals surface area contributed by atoms with Crippen LogP contribution in [0.2, 0.25) is 0 Å². The summed E-state index contributed by atoms with van der Waals surface area (Å²) in [6.07, 6.45) is 1.08. The Balaban J connectivity index is 2.55. The summed E-state index contributed by atoms with van der Waals surface area (Å²) in [6, 6.07) is 0.144. The number of carbonyl (C=O) groups is 2. The minimum absolute atomic E-state index is 0.0446. The molecule has 1 aliphatic rings. The van der Waals surface area contributed by atoms with Crippen LogP contribution in [0.5, 0.6) is 0 Å². The van der Waals surface area contributed by atoms with Crippen LogP contribution in [0, 0.1) is 0 Å². The smallest absolute Gasteiger partial charge is 0.230 e. The van der Waals surface area contributed by atoms with E-state index in [2.05, 4.69) is 0 Å². The standard InChI is InChI=1S/C10H17NO3/c1-7-3-4-9(13)6-11(7)10(14)5-8(2)12/h7,9,13H,3-6H2,1-2H3/t7-,9-/m1/s1. The van der Waals surface area contributed by atoms with Gasteiger partial charge in [-0.15, -0.1) is 0 Å². The van der Waals surface area contributed by atoms with Crippen molar-refractivity contribution in [1.82, 2.24) is 4.90 Å². The van der Waals surface area contributed by atoms with Gasteiger partial charge >= 0.3 is 0 Å². The van der Waals surface area contributed by atoms with E-state index in [0.29, 0.717) is 6.54 Å². The van der Waals surface area contributed by atoms with Crippen LogP contribution in [-0.4, -0.2) is 40.4 Å². The molecule has 1 heterocycles. The number of aliphatic hydroxyl groups is 1. The van der Waals surface area contributed by atoms with Crippen LogP contribution in [0.15, 0.2) is 0 Å². The molecule has 1 fully saturated rings. The Kier molecular flexibility index (Phi) is 3.63. The Morgan fingerprint density at radius 2 is 2.07 bits per heavy atom. The highest BCUT2D eigenvalue weighted by Crippen LogP contribution is 2.17. The Hall–Kier alpha value is -0.900. The number of ketones is 1. The Morgan fingerprint density at radius 1 is 1.43 bits per heavy atom. The largest absolute Gasteiger partial charge is 0.391 e. The van der Waals surface area contributed by atoms with E-state index in [9.17, 15) is 14.7 Å². The third-order valence-corrected chi connectivity index (χ3v) is 2.58. The second kappa shape index (κ2) is 4.55. The number of hydrogen-bond donors (Lipinski definition) is 1. The average molecular weight is 199 g/mol. The third-order valence-electron chi connectivity index (χ3n) is 2.58. The second-order valence-corrected chi connectivity index (χ2v) is 4.01. The van der Waals surface area contributed by atoms with E-state index in [1.165, 1.54) is 6.92 Å². The van der Waals surface area contributed by atoms with E-state index < -0.39 is 6.10 Å². The SMILES string of the molecule is CC(=O)CC(=O)N1C[C@H](O)CC[C@H]1C. The van der Waals surface area contributed by atoms with Crippen LogP contribution in [0.3, 0.4) is 0 Å². The van der Waals surface area contributed by atoms with E-state index in [1.807, 2.05) is 6.92 Å². The summed E-state index contributed by atoms with van der Waals surface area (Å²) < 4.78 is 0. The summed E-state index contributed by atoms with van der Waals surface area (Å²) in [5, 5.41) is 9.40. The number of aliphatic hydroxyl groups excluding tert-OH is 1. The Bertz CT molecular complexity index is 240. The number of rotatable bonds is 2. The van der Waals surface area contributed by atoms with Gasteiger partial charge in [0.1, 0.15) is 5.78 Å². The van der Waals surface area contributed by atoms with Gasteiger partial charge in [0.25, 0.3) is 0 Å². The van der Waals surface area contributed by atoms with Gasteiger partial charge in [0.2, 0.25) is 5.91 Å². The summed E-state index contributed by atoms with van der Waals surface area (Å²) in [6.45, 7) is 3.72. The summed E-state index contributed by atoms with van der Waals surface area (Å²) in [4.78, 5) is 23.9. The minimum Gasteiger partial charge on any atom is -0.391 e. The molecule has 1 amide bonds. The van der Waals surface area contributed by atoms with Gasteiger partial charge in [-0.2, -0.15) is 0 Å². The lowest BCUT2D eigenvalue weighted by atomic mass is 10.0. The van der Waals surface area contributed by atoms with Crippen LogP contribution in [-0.2, 0) is 9.59 Å². The predicted molar refractivity (Wildman–Crippen MR) is 51.7 cm³/mol. The predicted octanol–water partition coefficient (Wildman–Crippen LogP) is 0.337. The maximum Gasteiger partial charge on any atom is 0.230 e. The first-order chi connectivity index (χ1) is 6.50. The lowest BCUT2D eigenvalue weighted by Gasteiger charge is -2.35. The highest BCUT2D eigenvalue weighted by atomic mass is 16.3. The van der Waals surface area contributed by atoms with E-state index in [-0.39, 0.29) is 24.2 Å². The number of hydrogen-bond acceptors (Lipinski definition) is 3. The second-order valence-electron chi connectivity index (χ2n) is 4.01. The summed E-state index contributed by atoms with van der Waals surface area (Å²) in [7, 11) is 0. The average Bonchev–Trinajstić information content (AvgIpc) is 2.08. The number of piperidine rings is 1. The van der Waals surface area contributed by atoms with Crippen LogP contribution in [0.4, 0.5) is 0 Å². The fourth-order valence-electron chi connectivity index (χ4n) is 1.75. The molecule has 0 aromatic rings. The molecule has 4 nitrogen and oxygen atoms in total. The zero-order valence-corrected chi connectivity index (χ0v) is 8.69. The highest BCUT2D eigenvalue weighted by Gasteiger charge is 2.27. The van der Waals surface area contributed by atoms with Crippen molar-refractivity contribution in [3.05, 3.63) is 0 Å². The fraction of sp³-hybridized carbons (Fsp3) is 0.800. The van der Waals surface area contributed by atoms with Gasteiger partial charge in [-0.25, -0.2) is 0 Å². The molecule has 1 aliphatic heterocycles. The van der Waals surface area contributed by atoms with Crippen molar-refractivity contribution in [3.63, 3.8) is 0 Å². The monoisotopic (exact) mass is 199 g/mol. The van der Waals surface area contributed by atoms with Gasteiger partial charge in [0.05, 0.1) is 12.5 Å². The number of nitrogens with zero attached hydrogens (tertiary/aromatic N) is 1. The van der Waals surface area contributed by atoms with E-state index in [0.717, 1.165) is 12.8 Å². The van der Waals surface area contributed by atoms with Crippen LogP contribution < -0.4 is 0 Å². The van der Waals surface area contributed by atoms with Crippen molar-refractivity contribution < 1.29 is 14.7 Å². The van der Waals surface area contributed by atoms with Crippen molar-refractivity contribution in [3.8, 4) is 0 Å². The summed E-state index contributed by atoms with van der Waals surface area (Å²) in [5.74, 6) is -0.286. The molecule has 80 valence electrons. The normalized spacial score (nSPS) is 27.5. The van der Waals surface area contributed by atoms with Crippen molar-refractivity contribution >= 4 is 11.7 Å². The Morgan fingerprint density at radius 3 is 2.64 bits per heavy atom. The van der Waals surface area contributed by atoms with Crippen LogP contribution >= 0.6 is 0 Å². The van der Waals surface area contributed by atoms with Crippen molar-refractivity contribution in [2.75, 3.05) is 6.54 Å². The first kappa shape index (κ1) is 11.2. The topological polar surface area (TPSA) is 57.6 Å². The quantitative estimate of drug-likeness (QED) is 0.652. The molecule has 2 atom stereocenters. The number of amides is 1. The molecular formula is C10H17NO3. The maximum atomic E-state index is 11.6. The summed E-state index contributed by atoms with van der Waals surface area (Å²) >= 11 is 0. The molecule has 14 heavy (non-hydrogen) atoms. The maximum absolute atomic E-state index is 11.6. The Labute approximate surface area is 83.9 Å². The number of likely N-dealkylation sites (tertiary alicyclic amines) is 1. The molecular weight excluding hydrogens is 182 g/mol. The zero-order valence-electron chi connectivity index (χ0n) is 8.69. The molecule has 0 bridgehead atoms. The first-order valence-electron chi connectivity index (χ1n) is 4.97. The lowest BCUT2D eigenvalue weighted by molar-refractivity contribution is -0.139. The number of carbonyl (C=O) groups excluding carboxylic acids is 2. The molecule has 0 saturated carbocycles. The molecule has 0 aromatic carbocycles. The van der Waals surface area contributed by atoms with Gasteiger partial charge in [-0.3, -0.25) is 9.59 Å². The first-order valence-corrected chi connectivity index (χ1v) is 4.97. The van der Waals surface area contributed by atoms with Crippen LogP contribution in [0.1, 0.15) is 33.1 Å². The highest BCUT2D eigenvalue weighted by molar-refractivity contribution is 5.96. The van der Waals surface area contributed by atoms with Gasteiger partial charge in [0.15, 0.2) is 0 Å². The summed E-state index contributed by atoms with van der Waals surface area (Å²) in [5.41, 5.74) is 0. The van der Waals surface area contributed by atoms with E-state index >= 15 is 0 Å². The molecule has 0 radical (unpaired) electrons. The zero-order chi connectivity index (χ0) is 10.7. The van der Waals surface area contributed by atoms with Gasteiger partial charge in [-0.1, -0.05) is 0 Å². The fourth-order valence-corrected chi connectivity index (χ4v) is 1.75. The molecule has 0 unspecified atom stereocenters. The van der Waals surface area contributed by atoms with Gasteiger partial charge < -0.3 is 10.0 Å². The van der Waals surface area contributed by atoms with Crippen molar-refractivity contribution in [2.45, 2.75) is 45.3 Å². The molecule has 0 aromatic heterocycles. The van der Waals surface area contributed by atoms with Gasteiger partial charge in [0, 0.05) is 12.6 Å². The number of β-amino-alcohol motifs (C(OH)–C–C–N with tert-alkyl or cyclic N) is 1. The molecule has 4 heteroatoms.